The van der Waals surface area contributed by atoms with E-state index < -0.39 is 0 Å². The van der Waals surface area contributed by atoms with Gasteiger partial charge in [-0.2, -0.15) is 0 Å². The minimum Gasteiger partial charge on any atom is -0.507 e. The summed E-state index contributed by atoms with van der Waals surface area (Å²) in [5.74, 6) is 0.257. The van der Waals surface area contributed by atoms with Gasteiger partial charge >= 0.3 is 0 Å². The molecule has 1 aromatic carbocycles. The monoisotopic (exact) mass is 202 g/mol. The first kappa shape index (κ1) is 11.6. The third-order valence-corrected chi connectivity index (χ3v) is 2.47. The van der Waals surface area contributed by atoms with Crippen molar-refractivity contribution < 1.29 is 5.11 Å². The molecule has 0 aromatic heterocycles. The first-order valence-electron chi connectivity index (χ1n) is 5.02. The molecule has 1 rings (SSSR count). The Morgan fingerprint density at radius 3 is 1.73 bits per heavy atom. The highest BCUT2D eigenvalue weighted by atomic mass is 16.3. The fourth-order valence-electron chi connectivity index (χ4n) is 1.42. The molecule has 0 amide bonds. The van der Waals surface area contributed by atoms with E-state index in [9.17, 15) is 5.11 Å². The van der Waals surface area contributed by atoms with E-state index in [0.29, 0.717) is 0 Å². The number of rotatable bonds is 2. The van der Waals surface area contributed by atoms with Crippen LogP contribution in [0, 0.1) is 0 Å². The zero-order chi connectivity index (χ0) is 11.6. The lowest BCUT2D eigenvalue weighted by Gasteiger charge is -2.21. The first-order chi connectivity index (χ1) is 6.90. The topological polar surface area (TPSA) is 20.2 Å². The Morgan fingerprint density at radius 1 is 1.07 bits per heavy atom. The van der Waals surface area contributed by atoms with E-state index in [2.05, 4.69) is 33.9 Å². The van der Waals surface area contributed by atoms with E-state index in [0.717, 1.165) is 11.1 Å². The second-order valence-corrected chi connectivity index (χ2v) is 4.66. The number of phenolic OH excluding ortho intramolecular Hbond substituents is 1. The standard InChI is InChI=1S/C14H18O/c1-6-10-8-12(14(3,4)5)9-11(7-2)13(10)15/h6-9,15H,1-2H2,3-5H3. The van der Waals surface area contributed by atoms with Gasteiger partial charge in [-0.05, 0) is 23.1 Å². The SMILES string of the molecule is C=Cc1cc(C(C)(C)C)cc(C=C)c1O. The maximum Gasteiger partial charge on any atom is 0.129 e. The van der Waals surface area contributed by atoms with Gasteiger partial charge in [0.1, 0.15) is 5.75 Å². The number of benzene rings is 1. The predicted octanol–water partition coefficient (Wildman–Crippen LogP) is 3.98. The summed E-state index contributed by atoms with van der Waals surface area (Å²) in [6.45, 7) is 13.8. The molecule has 0 unspecified atom stereocenters. The van der Waals surface area contributed by atoms with Crippen LogP contribution in [0.1, 0.15) is 37.5 Å². The summed E-state index contributed by atoms with van der Waals surface area (Å²) in [6.07, 6.45) is 3.33. The van der Waals surface area contributed by atoms with Crippen LogP contribution in [-0.2, 0) is 5.41 Å². The first-order valence-corrected chi connectivity index (χ1v) is 5.02. The molecule has 0 saturated heterocycles. The maximum atomic E-state index is 9.84. The Kier molecular flexibility index (Phi) is 3.04. The van der Waals surface area contributed by atoms with Gasteiger partial charge in [-0.15, -0.1) is 0 Å². The van der Waals surface area contributed by atoms with Crippen LogP contribution in [-0.4, -0.2) is 5.11 Å². The fourth-order valence-corrected chi connectivity index (χ4v) is 1.42. The van der Waals surface area contributed by atoms with Crippen molar-refractivity contribution in [2.75, 3.05) is 0 Å². The van der Waals surface area contributed by atoms with Crippen LogP contribution in [0.2, 0.25) is 0 Å². The summed E-state index contributed by atoms with van der Waals surface area (Å²) in [7, 11) is 0. The summed E-state index contributed by atoms with van der Waals surface area (Å²) in [4.78, 5) is 0. The van der Waals surface area contributed by atoms with Gasteiger partial charge in [0.15, 0.2) is 0 Å². The molecule has 0 saturated carbocycles. The highest BCUT2D eigenvalue weighted by Crippen LogP contribution is 2.32. The van der Waals surface area contributed by atoms with Gasteiger partial charge in [-0.1, -0.05) is 46.1 Å². The molecule has 0 spiro atoms. The van der Waals surface area contributed by atoms with Crippen molar-refractivity contribution in [3.63, 3.8) is 0 Å². The van der Waals surface area contributed by atoms with Gasteiger partial charge < -0.3 is 5.11 Å². The van der Waals surface area contributed by atoms with Crippen LogP contribution in [0.5, 0.6) is 5.75 Å². The Morgan fingerprint density at radius 2 is 1.47 bits per heavy atom. The highest BCUT2D eigenvalue weighted by molar-refractivity contribution is 5.67. The molecule has 0 aliphatic rings. The van der Waals surface area contributed by atoms with E-state index in [1.54, 1.807) is 12.2 Å². The van der Waals surface area contributed by atoms with Gasteiger partial charge in [0.25, 0.3) is 0 Å². The molecule has 0 radical (unpaired) electrons. The van der Waals surface area contributed by atoms with Crippen LogP contribution < -0.4 is 0 Å². The molecule has 0 atom stereocenters. The molecular weight excluding hydrogens is 184 g/mol. The summed E-state index contributed by atoms with van der Waals surface area (Å²) in [5.41, 5.74) is 2.75. The van der Waals surface area contributed by atoms with Crippen LogP contribution in [0.15, 0.2) is 25.3 Å². The largest absolute Gasteiger partial charge is 0.507 e. The Balaban J connectivity index is 3.46. The van der Waals surface area contributed by atoms with Gasteiger partial charge in [-0.3, -0.25) is 0 Å². The molecule has 80 valence electrons. The summed E-state index contributed by atoms with van der Waals surface area (Å²) >= 11 is 0. The minimum atomic E-state index is 0.0588. The van der Waals surface area contributed by atoms with Crippen molar-refractivity contribution >= 4 is 12.2 Å². The maximum absolute atomic E-state index is 9.84. The van der Waals surface area contributed by atoms with Crippen molar-refractivity contribution in [3.8, 4) is 5.75 Å². The zero-order valence-electron chi connectivity index (χ0n) is 9.67. The van der Waals surface area contributed by atoms with Crippen LogP contribution in [0.25, 0.3) is 12.2 Å². The second kappa shape index (κ2) is 3.93. The van der Waals surface area contributed by atoms with Gasteiger partial charge in [0.05, 0.1) is 0 Å². The average molecular weight is 202 g/mol. The molecule has 1 heteroatoms. The van der Waals surface area contributed by atoms with Gasteiger partial charge in [0, 0.05) is 11.1 Å². The zero-order valence-corrected chi connectivity index (χ0v) is 9.67. The van der Waals surface area contributed by atoms with Crippen molar-refractivity contribution in [3.05, 3.63) is 42.0 Å². The van der Waals surface area contributed by atoms with E-state index >= 15 is 0 Å². The van der Waals surface area contributed by atoms with E-state index in [-0.39, 0.29) is 11.2 Å². The fraction of sp³-hybridized carbons (Fsp3) is 0.286. The highest BCUT2D eigenvalue weighted by Gasteiger charge is 2.16. The lowest BCUT2D eigenvalue weighted by Crippen LogP contribution is -2.11. The molecule has 0 aliphatic heterocycles. The normalized spacial score (nSPS) is 11.1. The third kappa shape index (κ3) is 2.30. The predicted molar refractivity (Wildman–Crippen MR) is 67.0 cm³/mol. The van der Waals surface area contributed by atoms with Crippen LogP contribution in [0.4, 0.5) is 0 Å². The number of hydrogen-bond acceptors (Lipinski definition) is 1. The number of aromatic hydroxyl groups is 1. The summed E-state index contributed by atoms with van der Waals surface area (Å²) in [6, 6.07) is 3.94. The molecular formula is C14H18O. The number of hydrogen-bond donors (Lipinski definition) is 1. The van der Waals surface area contributed by atoms with Crippen LogP contribution >= 0.6 is 0 Å². The van der Waals surface area contributed by atoms with Gasteiger partial charge in [0.2, 0.25) is 0 Å². The summed E-state index contributed by atoms with van der Waals surface area (Å²) in [5, 5.41) is 9.84. The quantitative estimate of drug-likeness (QED) is 0.769. The smallest absolute Gasteiger partial charge is 0.129 e. The average Bonchev–Trinajstić information content (AvgIpc) is 2.16. The Labute approximate surface area is 91.8 Å². The van der Waals surface area contributed by atoms with Crippen molar-refractivity contribution in [1.82, 2.24) is 0 Å². The molecule has 0 heterocycles. The number of phenols is 1. The van der Waals surface area contributed by atoms with Crippen molar-refractivity contribution in [2.24, 2.45) is 0 Å². The molecule has 15 heavy (non-hydrogen) atoms. The van der Waals surface area contributed by atoms with E-state index in [4.69, 9.17) is 0 Å². The van der Waals surface area contributed by atoms with Gasteiger partial charge in [-0.25, -0.2) is 0 Å². The third-order valence-electron chi connectivity index (χ3n) is 2.47. The lowest BCUT2D eigenvalue weighted by molar-refractivity contribution is 0.471. The minimum absolute atomic E-state index is 0.0588. The summed E-state index contributed by atoms with van der Waals surface area (Å²) < 4.78 is 0. The molecule has 0 fully saturated rings. The van der Waals surface area contributed by atoms with Crippen molar-refractivity contribution in [1.29, 1.82) is 0 Å². The molecule has 1 nitrogen and oxygen atoms in total. The molecule has 1 N–H and O–H groups in total. The van der Waals surface area contributed by atoms with E-state index in [1.807, 2.05) is 12.1 Å². The lowest BCUT2D eigenvalue weighted by atomic mass is 9.84. The van der Waals surface area contributed by atoms with E-state index in [1.165, 1.54) is 5.56 Å². The molecule has 0 aliphatic carbocycles. The van der Waals surface area contributed by atoms with Crippen molar-refractivity contribution in [2.45, 2.75) is 26.2 Å². The Bertz CT molecular complexity index is 365. The molecule has 1 aromatic rings. The molecule has 0 bridgehead atoms. The Hall–Kier alpha value is -1.50. The second-order valence-electron chi connectivity index (χ2n) is 4.66. The van der Waals surface area contributed by atoms with Crippen LogP contribution in [0.3, 0.4) is 0 Å².